The van der Waals surface area contributed by atoms with Crippen LogP contribution in [-0.2, 0) is 0 Å². The maximum atomic E-state index is 12.4. The highest BCUT2D eigenvalue weighted by molar-refractivity contribution is 6.15. The molecule has 4 nitrogen and oxygen atoms in total. The van der Waals surface area contributed by atoms with E-state index in [0.29, 0.717) is 5.56 Å². The summed E-state index contributed by atoms with van der Waals surface area (Å²) < 4.78 is 0. The number of nitrogens with zero attached hydrogens (tertiary/aromatic N) is 1. The number of nitrogens with one attached hydrogen (secondary N) is 1. The van der Waals surface area contributed by atoms with Gasteiger partial charge in [0.1, 0.15) is 0 Å². The summed E-state index contributed by atoms with van der Waals surface area (Å²) in [4.78, 5) is 30.4. The van der Waals surface area contributed by atoms with Crippen molar-refractivity contribution < 1.29 is 4.79 Å². The standard InChI is InChI=1S/C15H10N2O2/c18-14(13-15(19)17-9-8-16-13)12-7-3-5-10-4-1-2-6-11(10)12/h1-9H,(H,17,19). The molecule has 0 bridgehead atoms. The molecule has 3 rings (SSSR count). The molecule has 2 aromatic carbocycles. The van der Waals surface area contributed by atoms with E-state index in [-0.39, 0.29) is 11.5 Å². The van der Waals surface area contributed by atoms with Crippen molar-refractivity contribution >= 4 is 16.6 Å². The Morgan fingerprint density at radius 2 is 1.84 bits per heavy atom. The lowest BCUT2D eigenvalue weighted by Gasteiger charge is -2.04. The summed E-state index contributed by atoms with van der Waals surface area (Å²) in [6.45, 7) is 0. The lowest BCUT2D eigenvalue weighted by atomic mass is 10.00. The zero-order valence-corrected chi connectivity index (χ0v) is 9.96. The van der Waals surface area contributed by atoms with Gasteiger partial charge in [-0.05, 0) is 10.8 Å². The average molecular weight is 250 g/mol. The van der Waals surface area contributed by atoms with Crippen LogP contribution < -0.4 is 5.56 Å². The van der Waals surface area contributed by atoms with Gasteiger partial charge in [0.25, 0.3) is 5.56 Å². The zero-order chi connectivity index (χ0) is 13.2. The highest BCUT2D eigenvalue weighted by Crippen LogP contribution is 2.19. The Bertz CT molecular complexity index is 816. The molecule has 0 aliphatic heterocycles. The number of hydrogen-bond donors (Lipinski definition) is 1. The van der Waals surface area contributed by atoms with Crippen molar-refractivity contribution in [3.8, 4) is 0 Å². The molecule has 0 radical (unpaired) electrons. The molecule has 3 aromatic rings. The molecule has 0 amide bonds. The lowest BCUT2D eigenvalue weighted by molar-refractivity contribution is 0.103. The van der Waals surface area contributed by atoms with Gasteiger partial charge in [-0.15, -0.1) is 0 Å². The first-order valence-corrected chi connectivity index (χ1v) is 5.83. The topological polar surface area (TPSA) is 62.8 Å². The molecule has 0 saturated carbocycles. The summed E-state index contributed by atoms with van der Waals surface area (Å²) in [5.74, 6) is -0.362. The second kappa shape index (κ2) is 4.49. The predicted molar refractivity (Wildman–Crippen MR) is 72.2 cm³/mol. The lowest BCUT2D eigenvalue weighted by Crippen LogP contribution is -2.20. The molecule has 92 valence electrons. The molecule has 1 N–H and O–H groups in total. The maximum Gasteiger partial charge on any atom is 0.277 e. The SMILES string of the molecule is O=C(c1ncc[nH]c1=O)c1cccc2ccccc12. The monoisotopic (exact) mass is 250 g/mol. The van der Waals surface area contributed by atoms with Gasteiger partial charge in [0.2, 0.25) is 5.78 Å². The molecule has 1 aromatic heterocycles. The van der Waals surface area contributed by atoms with Crippen molar-refractivity contribution in [2.24, 2.45) is 0 Å². The average Bonchev–Trinajstić information content (AvgIpc) is 2.46. The molecule has 0 aliphatic carbocycles. The quantitative estimate of drug-likeness (QED) is 0.709. The Morgan fingerprint density at radius 1 is 1.05 bits per heavy atom. The van der Waals surface area contributed by atoms with E-state index in [9.17, 15) is 9.59 Å². The summed E-state index contributed by atoms with van der Waals surface area (Å²) in [5, 5.41) is 1.78. The van der Waals surface area contributed by atoms with E-state index in [4.69, 9.17) is 0 Å². The minimum atomic E-state index is -0.472. The number of carbonyl (C=O) groups excluding carboxylic acids is 1. The Kier molecular flexibility index (Phi) is 2.68. The highest BCUT2D eigenvalue weighted by atomic mass is 16.1. The fourth-order valence-corrected chi connectivity index (χ4v) is 2.06. The van der Waals surface area contributed by atoms with Gasteiger partial charge in [-0.2, -0.15) is 0 Å². The van der Waals surface area contributed by atoms with Crippen molar-refractivity contribution in [3.05, 3.63) is 76.5 Å². The normalized spacial score (nSPS) is 10.5. The minimum absolute atomic E-state index is 0.0844. The molecular formula is C15H10N2O2. The first-order valence-electron chi connectivity index (χ1n) is 5.83. The summed E-state index contributed by atoms with van der Waals surface area (Å²) in [6.07, 6.45) is 2.81. The fraction of sp³-hybridized carbons (Fsp3) is 0. The maximum absolute atomic E-state index is 12.4. The number of carbonyl (C=O) groups is 1. The first kappa shape index (κ1) is 11.3. The Hall–Kier alpha value is -2.75. The molecule has 0 spiro atoms. The molecule has 4 heteroatoms. The Balaban J connectivity index is 2.23. The zero-order valence-electron chi connectivity index (χ0n) is 9.96. The van der Waals surface area contributed by atoms with Crippen LogP contribution in [-0.4, -0.2) is 15.8 Å². The number of H-pyrrole nitrogens is 1. The van der Waals surface area contributed by atoms with Gasteiger partial charge in [0, 0.05) is 18.0 Å². The van der Waals surface area contributed by atoms with E-state index < -0.39 is 5.56 Å². The number of aromatic nitrogens is 2. The molecule has 0 saturated heterocycles. The second-order valence-electron chi connectivity index (χ2n) is 4.12. The van der Waals surface area contributed by atoms with Crippen LogP contribution in [0.4, 0.5) is 0 Å². The third-order valence-corrected chi connectivity index (χ3v) is 2.96. The molecular weight excluding hydrogens is 240 g/mol. The van der Waals surface area contributed by atoms with E-state index in [2.05, 4.69) is 9.97 Å². The van der Waals surface area contributed by atoms with Crippen LogP contribution in [0.1, 0.15) is 16.1 Å². The molecule has 19 heavy (non-hydrogen) atoms. The van der Waals surface area contributed by atoms with Gasteiger partial charge in [-0.3, -0.25) is 9.59 Å². The van der Waals surface area contributed by atoms with Crippen LogP contribution in [0.2, 0.25) is 0 Å². The van der Waals surface area contributed by atoms with Gasteiger partial charge in [0.15, 0.2) is 5.69 Å². The summed E-state index contributed by atoms with van der Waals surface area (Å²) in [5.41, 5.74) is -0.0680. The van der Waals surface area contributed by atoms with Gasteiger partial charge in [-0.25, -0.2) is 4.98 Å². The summed E-state index contributed by atoms with van der Waals surface area (Å²) in [7, 11) is 0. The number of fused-ring (bicyclic) bond motifs is 1. The predicted octanol–water partition coefficient (Wildman–Crippen LogP) is 2.15. The van der Waals surface area contributed by atoms with E-state index in [1.54, 1.807) is 12.1 Å². The van der Waals surface area contributed by atoms with Gasteiger partial charge in [0.05, 0.1) is 0 Å². The number of ketones is 1. The largest absolute Gasteiger partial charge is 0.326 e. The molecule has 0 unspecified atom stereocenters. The molecule has 0 fully saturated rings. The smallest absolute Gasteiger partial charge is 0.277 e. The number of benzene rings is 2. The van der Waals surface area contributed by atoms with E-state index in [1.165, 1.54) is 12.4 Å². The minimum Gasteiger partial charge on any atom is -0.326 e. The van der Waals surface area contributed by atoms with Crippen molar-refractivity contribution in [1.82, 2.24) is 9.97 Å². The number of hydrogen-bond acceptors (Lipinski definition) is 3. The molecule has 1 heterocycles. The second-order valence-corrected chi connectivity index (χ2v) is 4.12. The summed E-state index contributed by atoms with van der Waals surface area (Å²) in [6, 6.07) is 13.0. The van der Waals surface area contributed by atoms with Crippen LogP contribution in [0.15, 0.2) is 59.7 Å². The van der Waals surface area contributed by atoms with E-state index >= 15 is 0 Å². The molecule has 0 atom stereocenters. The molecule has 0 aliphatic rings. The van der Waals surface area contributed by atoms with E-state index in [1.807, 2.05) is 30.3 Å². The van der Waals surface area contributed by atoms with Gasteiger partial charge < -0.3 is 4.98 Å². The first-order chi connectivity index (χ1) is 9.27. The van der Waals surface area contributed by atoms with Crippen molar-refractivity contribution in [3.63, 3.8) is 0 Å². The number of rotatable bonds is 2. The van der Waals surface area contributed by atoms with Crippen molar-refractivity contribution in [2.75, 3.05) is 0 Å². The fourth-order valence-electron chi connectivity index (χ4n) is 2.06. The van der Waals surface area contributed by atoms with Crippen LogP contribution in [0, 0.1) is 0 Å². The number of aromatic amines is 1. The Morgan fingerprint density at radius 3 is 2.68 bits per heavy atom. The van der Waals surface area contributed by atoms with Crippen molar-refractivity contribution in [1.29, 1.82) is 0 Å². The summed E-state index contributed by atoms with van der Waals surface area (Å²) >= 11 is 0. The Labute approximate surface area is 108 Å². The van der Waals surface area contributed by atoms with Crippen LogP contribution in [0.5, 0.6) is 0 Å². The van der Waals surface area contributed by atoms with Gasteiger partial charge >= 0.3 is 0 Å². The van der Waals surface area contributed by atoms with Crippen LogP contribution >= 0.6 is 0 Å². The van der Waals surface area contributed by atoms with Crippen LogP contribution in [0.25, 0.3) is 10.8 Å². The van der Waals surface area contributed by atoms with Gasteiger partial charge in [-0.1, -0.05) is 42.5 Å². The van der Waals surface area contributed by atoms with Crippen molar-refractivity contribution in [2.45, 2.75) is 0 Å². The van der Waals surface area contributed by atoms with Crippen LogP contribution in [0.3, 0.4) is 0 Å². The highest BCUT2D eigenvalue weighted by Gasteiger charge is 2.16. The third kappa shape index (κ3) is 1.93. The third-order valence-electron chi connectivity index (χ3n) is 2.96. The van der Waals surface area contributed by atoms with E-state index in [0.717, 1.165) is 10.8 Å².